The van der Waals surface area contributed by atoms with Gasteiger partial charge >= 0.3 is 0 Å². The molecule has 39 heavy (non-hydrogen) atoms. The molecule has 0 N–H and O–H groups in total. The Labute approximate surface area is 222 Å². The Kier molecular flexibility index (Phi) is 3.44. The standard InChI is InChI=1S/C36H21N3/c1-4-16-28-22(10-1)25-13-7-19-31-34(25)37(28)32-20-8-14-26-23-11-3-6-18-30(23)39(35(26)32)33-21-9-15-27-24-12-2-5-17-29(24)38(31)36(27)33/h1-21H. The number of nitrogens with zero attached hydrogens (tertiary/aromatic N) is 3. The number of fused-ring (bicyclic) bond motifs is 12. The number of benzene rings is 6. The Morgan fingerprint density at radius 1 is 0.231 bits per heavy atom. The average Bonchev–Trinajstić information content (AvgIpc) is 3.64. The molecule has 4 aromatic heterocycles. The van der Waals surface area contributed by atoms with E-state index in [9.17, 15) is 0 Å². The van der Waals surface area contributed by atoms with Gasteiger partial charge in [0.2, 0.25) is 0 Å². The summed E-state index contributed by atoms with van der Waals surface area (Å²) in [6.07, 6.45) is 0. The summed E-state index contributed by atoms with van der Waals surface area (Å²) in [5.41, 5.74) is 11.0. The van der Waals surface area contributed by atoms with Gasteiger partial charge in [-0.25, -0.2) is 0 Å². The van der Waals surface area contributed by atoms with Gasteiger partial charge in [-0.1, -0.05) is 91.0 Å². The van der Waals surface area contributed by atoms with Crippen molar-refractivity contribution in [3.05, 3.63) is 127 Å². The molecule has 10 rings (SSSR count). The fraction of sp³-hybridized carbons (Fsp3) is 0. The molecule has 180 valence electrons. The van der Waals surface area contributed by atoms with Gasteiger partial charge in [0.25, 0.3) is 0 Å². The molecule has 0 amide bonds. The normalized spacial score (nSPS) is 12.6. The second kappa shape index (κ2) is 6.77. The Hall–Kier alpha value is -5.28. The largest absolute Gasteiger partial charge is 0.305 e. The van der Waals surface area contributed by atoms with E-state index >= 15 is 0 Å². The van der Waals surface area contributed by atoms with Gasteiger partial charge in [-0.05, 0) is 36.4 Å². The monoisotopic (exact) mass is 495 g/mol. The second-order valence-electron chi connectivity index (χ2n) is 10.6. The fourth-order valence-corrected chi connectivity index (χ4v) is 7.29. The SMILES string of the molecule is c1ccc2c(c1)c1cccc3c1n2c1cccc2c4ccccc4n(c4cccc5c6ccccc6n3c54)c21. The van der Waals surface area contributed by atoms with Crippen molar-refractivity contribution in [3.63, 3.8) is 0 Å². The first-order valence-electron chi connectivity index (χ1n) is 13.5. The molecule has 0 fully saturated rings. The van der Waals surface area contributed by atoms with E-state index in [-0.39, 0.29) is 0 Å². The third-order valence-corrected chi connectivity index (χ3v) is 8.74. The first-order valence-corrected chi connectivity index (χ1v) is 13.5. The van der Waals surface area contributed by atoms with Crippen LogP contribution in [0.4, 0.5) is 0 Å². The minimum atomic E-state index is 1.20. The zero-order valence-corrected chi connectivity index (χ0v) is 21.0. The van der Waals surface area contributed by atoms with E-state index in [0.717, 1.165) is 0 Å². The summed E-state index contributed by atoms with van der Waals surface area (Å²) < 4.78 is 7.51. The van der Waals surface area contributed by atoms with Crippen LogP contribution in [0, 0.1) is 0 Å². The molecule has 0 aliphatic rings. The van der Waals surface area contributed by atoms with Gasteiger partial charge in [0.1, 0.15) is 0 Å². The Morgan fingerprint density at radius 3 is 0.821 bits per heavy atom. The maximum Gasteiger partial charge on any atom is 0.0783 e. The van der Waals surface area contributed by atoms with Gasteiger partial charge in [0.05, 0.1) is 49.7 Å². The second-order valence-corrected chi connectivity index (χ2v) is 10.6. The van der Waals surface area contributed by atoms with Crippen molar-refractivity contribution in [3.8, 4) is 0 Å². The molecular formula is C36H21N3. The van der Waals surface area contributed by atoms with Crippen molar-refractivity contribution in [2.75, 3.05) is 0 Å². The average molecular weight is 496 g/mol. The highest BCUT2D eigenvalue weighted by Crippen LogP contribution is 2.41. The molecule has 0 aliphatic heterocycles. The van der Waals surface area contributed by atoms with Crippen molar-refractivity contribution >= 4 is 82.0 Å². The van der Waals surface area contributed by atoms with Crippen LogP contribution in [0.2, 0.25) is 0 Å². The quantitative estimate of drug-likeness (QED) is 0.199. The first kappa shape index (κ1) is 19.8. The van der Waals surface area contributed by atoms with Crippen LogP contribution >= 0.6 is 0 Å². The summed E-state index contributed by atoms with van der Waals surface area (Å²) in [5.74, 6) is 0. The number of hydrogen-bond acceptors (Lipinski definition) is 0. The fourth-order valence-electron chi connectivity index (χ4n) is 7.29. The van der Waals surface area contributed by atoms with Crippen LogP contribution in [-0.2, 0) is 0 Å². The predicted molar refractivity (Wildman–Crippen MR) is 164 cm³/mol. The molecule has 0 unspecified atom stereocenters. The molecule has 0 radical (unpaired) electrons. The zero-order chi connectivity index (χ0) is 25.2. The molecular weight excluding hydrogens is 474 g/mol. The highest BCUT2D eigenvalue weighted by atomic mass is 15.0. The number of aromatic nitrogens is 3. The van der Waals surface area contributed by atoms with E-state index < -0.39 is 0 Å². The van der Waals surface area contributed by atoms with Gasteiger partial charge < -0.3 is 13.2 Å². The predicted octanol–water partition coefficient (Wildman–Crippen LogP) is 9.36. The molecule has 4 heterocycles. The van der Waals surface area contributed by atoms with Crippen LogP contribution in [0.1, 0.15) is 0 Å². The highest BCUT2D eigenvalue weighted by molar-refractivity contribution is 6.22. The van der Waals surface area contributed by atoms with E-state index in [4.69, 9.17) is 0 Å². The third-order valence-electron chi connectivity index (χ3n) is 8.74. The molecule has 3 heteroatoms. The minimum Gasteiger partial charge on any atom is -0.305 e. The lowest BCUT2D eigenvalue weighted by atomic mass is 10.1. The van der Waals surface area contributed by atoms with Crippen LogP contribution in [0.3, 0.4) is 0 Å². The van der Waals surface area contributed by atoms with Crippen molar-refractivity contribution in [2.24, 2.45) is 0 Å². The molecule has 0 saturated heterocycles. The van der Waals surface area contributed by atoms with Crippen LogP contribution in [0.25, 0.3) is 82.0 Å². The van der Waals surface area contributed by atoms with E-state index in [1.807, 2.05) is 0 Å². The van der Waals surface area contributed by atoms with Gasteiger partial charge in [0, 0.05) is 32.3 Å². The third kappa shape index (κ3) is 2.23. The molecule has 3 nitrogen and oxygen atoms in total. The van der Waals surface area contributed by atoms with Crippen LogP contribution < -0.4 is 0 Å². The smallest absolute Gasteiger partial charge is 0.0783 e. The molecule has 0 spiro atoms. The summed E-state index contributed by atoms with van der Waals surface area (Å²) in [6.45, 7) is 0. The summed E-state index contributed by atoms with van der Waals surface area (Å²) in [5, 5.41) is 7.64. The van der Waals surface area contributed by atoms with Crippen molar-refractivity contribution in [1.82, 2.24) is 13.2 Å². The maximum absolute atomic E-state index is 2.50. The number of para-hydroxylation sites is 6. The molecule has 0 aliphatic carbocycles. The minimum absolute atomic E-state index is 1.20. The van der Waals surface area contributed by atoms with Crippen LogP contribution in [-0.4, -0.2) is 13.2 Å². The van der Waals surface area contributed by atoms with Crippen molar-refractivity contribution in [1.29, 1.82) is 0 Å². The molecule has 0 saturated carbocycles. The zero-order valence-electron chi connectivity index (χ0n) is 21.0. The Bertz CT molecular complexity index is 2370. The van der Waals surface area contributed by atoms with Crippen LogP contribution in [0.5, 0.6) is 0 Å². The van der Waals surface area contributed by atoms with Gasteiger partial charge in [-0.2, -0.15) is 0 Å². The maximum atomic E-state index is 2.50. The molecule has 0 atom stereocenters. The lowest BCUT2D eigenvalue weighted by Crippen LogP contribution is -1.89. The topological polar surface area (TPSA) is 13.2 Å². The van der Waals surface area contributed by atoms with E-state index in [0.29, 0.717) is 0 Å². The van der Waals surface area contributed by atoms with Gasteiger partial charge in [-0.3, -0.25) is 0 Å². The number of rotatable bonds is 0. The lowest BCUT2D eigenvalue weighted by Gasteiger charge is -2.04. The first-order chi connectivity index (χ1) is 19.4. The molecule has 0 bridgehead atoms. The molecule has 10 aromatic rings. The number of hydrogen-bond donors (Lipinski definition) is 0. The summed E-state index contributed by atoms with van der Waals surface area (Å²) in [7, 11) is 0. The van der Waals surface area contributed by atoms with E-state index in [2.05, 4.69) is 141 Å². The van der Waals surface area contributed by atoms with Gasteiger partial charge in [0.15, 0.2) is 0 Å². The van der Waals surface area contributed by atoms with Gasteiger partial charge in [-0.15, -0.1) is 0 Å². The summed E-state index contributed by atoms with van der Waals surface area (Å²) in [6, 6.07) is 46.9. The van der Waals surface area contributed by atoms with E-state index in [1.54, 1.807) is 0 Å². The Morgan fingerprint density at radius 2 is 0.487 bits per heavy atom. The highest BCUT2D eigenvalue weighted by Gasteiger charge is 2.20. The molecule has 6 aromatic carbocycles. The van der Waals surface area contributed by atoms with Crippen molar-refractivity contribution < 1.29 is 0 Å². The summed E-state index contributed by atoms with van der Waals surface area (Å²) >= 11 is 0. The van der Waals surface area contributed by atoms with Crippen molar-refractivity contribution in [2.45, 2.75) is 0 Å². The Balaban J connectivity index is 1.77. The lowest BCUT2D eigenvalue weighted by molar-refractivity contribution is 1.31. The van der Waals surface area contributed by atoms with Crippen LogP contribution in [0.15, 0.2) is 127 Å². The van der Waals surface area contributed by atoms with E-state index in [1.165, 1.54) is 82.0 Å². The summed E-state index contributed by atoms with van der Waals surface area (Å²) in [4.78, 5) is 0.